The number of carbonyl (C=O) groups excluding carboxylic acids is 1. The van der Waals surface area contributed by atoms with E-state index in [2.05, 4.69) is 12.2 Å². The molecule has 2 rings (SSSR count). The first-order valence-corrected chi connectivity index (χ1v) is 7.60. The predicted octanol–water partition coefficient (Wildman–Crippen LogP) is 2.71. The van der Waals surface area contributed by atoms with Gasteiger partial charge in [-0.15, -0.1) is 0 Å². The van der Waals surface area contributed by atoms with E-state index in [1.54, 1.807) is 0 Å². The summed E-state index contributed by atoms with van der Waals surface area (Å²) in [5.41, 5.74) is 1.77. The summed E-state index contributed by atoms with van der Waals surface area (Å²) in [6, 6.07) is 7.91. The number of fused-ring (bicyclic) bond motifs is 1. The molecule has 0 aliphatic heterocycles. The smallest absolute Gasteiger partial charge is 0.253 e. The number of hydrogen-bond donors (Lipinski definition) is 2. The highest BCUT2D eigenvalue weighted by Gasteiger charge is 2.15. The number of hydrogen-bond acceptors (Lipinski definition) is 2. The van der Waals surface area contributed by atoms with Gasteiger partial charge in [-0.2, -0.15) is 0 Å². The van der Waals surface area contributed by atoms with Gasteiger partial charge in [-0.05, 0) is 24.8 Å². The van der Waals surface area contributed by atoms with Crippen molar-refractivity contribution in [1.29, 1.82) is 0 Å². The van der Waals surface area contributed by atoms with Gasteiger partial charge < -0.3 is 15.0 Å². The summed E-state index contributed by atoms with van der Waals surface area (Å²) >= 11 is 0. The van der Waals surface area contributed by atoms with Crippen LogP contribution in [0.3, 0.4) is 0 Å². The fourth-order valence-electron chi connectivity index (χ4n) is 2.79. The molecular weight excluding hydrogens is 264 g/mol. The molecule has 114 valence electrons. The number of aliphatic hydroxyl groups excluding tert-OH is 1. The van der Waals surface area contributed by atoms with E-state index in [0.29, 0.717) is 18.0 Å². The average Bonchev–Trinajstić information content (AvgIpc) is 2.83. The van der Waals surface area contributed by atoms with Crippen molar-refractivity contribution in [1.82, 2.24) is 9.88 Å². The lowest BCUT2D eigenvalue weighted by Gasteiger charge is -2.15. The van der Waals surface area contributed by atoms with Gasteiger partial charge >= 0.3 is 0 Å². The number of nitrogens with one attached hydrogen (secondary N) is 1. The molecule has 0 aliphatic carbocycles. The number of benzene rings is 1. The van der Waals surface area contributed by atoms with Crippen molar-refractivity contribution >= 4 is 16.8 Å². The molecule has 0 fully saturated rings. The zero-order valence-corrected chi connectivity index (χ0v) is 12.8. The zero-order valence-electron chi connectivity index (χ0n) is 12.8. The summed E-state index contributed by atoms with van der Waals surface area (Å²) in [4.78, 5) is 12.4. The van der Waals surface area contributed by atoms with Gasteiger partial charge in [-0.3, -0.25) is 4.79 Å². The Bertz CT molecular complexity index is 598. The van der Waals surface area contributed by atoms with Crippen molar-refractivity contribution in [2.75, 3.05) is 13.2 Å². The zero-order chi connectivity index (χ0) is 15.2. The van der Waals surface area contributed by atoms with Crippen LogP contribution in [0.25, 0.3) is 10.9 Å². The number of rotatable bonds is 7. The molecule has 2 N–H and O–H groups in total. The van der Waals surface area contributed by atoms with Crippen LogP contribution in [-0.4, -0.2) is 28.7 Å². The van der Waals surface area contributed by atoms with Gasteiger partial charge in [0.05, 0.1) is 5.56 Å². The third-order valence-electron chi connectivity index (χ3n) is 3.93. The first-order valence-electron chi connectivity index (χ1n) is 7.60. The Labute approximate surface area is 125 Å². The second kappa shape index (κ2) is 7.27. The highest BCUT2D eigenvalue weighted by atomic mass is 16.3. The molecule has 1 atom stereocenters. The second-order valence-electron chi connectivity index (χ2n) is 5.55. The van der Waals surface area contributed by atoms with E-state index in [1.165, 1.54) is 0 Å². The normalized spacial score (nSPS) is 12.5. The van der Waals surface area contributed by atoms with Crippen molar-refractivity contribution in [3.05, 3.63) is 36.0 Å². The van der Waals surface area contributed by atoms with E-state index >= 15 is 0 Å². The van der Waals surface area contributed by atoms with Crippen molar-refractivity contribution < 1.29 is 9.90 Å². The molecule has 2 aromatic rings. The molecule has 0 saturated carbocycles. The molecule has 0 bridgehead atoms. The Morgan fingerprint density at radius 3 is 2.81 bits per heavy atom. The van der Waals surface area contributed by atoms with Crippen molar-refractivity contribution in [2.24, 2.45) is 13.0 Å². The predicted molar refractivity (Wildman–Crippen MR) is 85.4 cm³/mol. The summed E-state index contributed by atoms with van der Waals surface area (Å²) in [6.45, 7) is 2.92. The summed E-state index contributed by atoms with van der Waals surface area (Å²) in [5.74, 6) is 0.310. The first-order chi connectivity index (χ1) is 10.2. The van der Waals surface area contributed by atoms with Gasteiger partial charge in [0.25, 0.3) is 5.91 Å². The van der Waals surface area contributed by atoms with Crippen LogP contribution in [-0.2, 0) is 7.05 Å². The Kier molecular flexibility index (Phi) is 5.39. The molecule has 1 aromatic heterocycles. The number of para-hydroxylation sites is 1. The van der Waals surface area contributed by atoms with Crippen LogP contribution in [0, 0.1) is 5.92 Å². The maximum absolute atomic E-state index is 12.4. The number of aliphatic hydroxyl groups is 1. The van der Waals surface area contributed by atoms with E-state index in [-0.39, 0.29) is 12.5 Å². The number of amides is 1. The minimum absolute atomic E-state index is 0.0363. The van der Waals surface area contributed by atoms with Crippen molar-refractivity contribution in [3.8, 4) is 0 Å². The van der Waals surface area contributed by atoms with E-state index in [0.717, 1.165) is 30.2 Å². The molecule has 1 aromatic carbocycles. The number of carbonyl (C=O) groups is 1. The van der Waals surface area contributed by atoms with Crippen LogP contribution in [0.4, 0.5) is 0 Å². The van der Waals surface area contributed by atoms with Crippen LogP contribution in [0.5, 0.6) is 0 Å². The third-order valence-corrected chi connectivity index (χ3v) is 3.93. The highest BCUT2D eigenvalue weighted by Crippen LogP contribution is 2.20. The third kappa shape index (κ3) is 3.64. The van der Waals surface area contributed by atoms with E-state index in [9.17, 15) is 4.79 Å². The molecule has 0 saturated heterocycles. The molecule has 1 amide bonds. The van der Waals surface area contributed by atoms with Crippen LogP contribution in [0.2, 0.25) is 0 Å². The lowest BCUT2D eigenvalue weighted by molar-refractivity contribution is 0.0944. The Morgan fingerprint density at radius 1 is 1.33 bits per heavy atom. The summed E-state index contributed by atoms with van der Waals surface area (Å²) in [7, 11) is 1.95. The van der Waals surface area contributed by atoms with E-state index in [4.69, 9.17) is 5.11 Å². The summed E-state index contributed by atoms with van der Waals surface area (Å²) in [5, 5.41) is 13.1. The maximum atomic E-state index is 12.4. The van der Waals surface area contributed by atoms with Crippen molar-refractivity contribution in [2.45, 2.75) is 26.2 Å². The number of aromatic nitrogens is 1. The maximum Gasteiger partial charge on any atom is 0.253 e. The molecule has 1 heterocycles. The van der Waals surface area contributed by atoms with E-state index < -0.39 is 0 Å². The van der Waals surface area contributed by atoms with Gasteiger partial charge in [0, 0.05) is 37.3 Å². The van der Waals surface area contributed by atoms with Crippen LogP contribution < -0.4 is 5.32 Å². The summed E-state index contributed by atoms with van der Waals surface area (Å²) in [6.07, 6.45) is 4.70. The number of nitrogens with zero attached hydrogens (tertiary/aromatic N) is 1. The van der Waals surface area contributed by atoms with Gasteiger partial charge in [-0.25, -0.2) is 0 Å². The van der Waals surface area contributed by atoms with Crippen LogP contribution >= 0.6 is 0 Å². The lowest BCUT2D eigenvalue weighted by Crippen LogP contribution is -2.29. The standard InChI is InChI=1S/C17H24N2O2/c1-3-6-13(9-10-20)11-18-17(21)15-12-19(2)16-8-5-4-7-14(15)16/h4-5,7-8,12-13,20H,3,6,9-11H2,1-2H3,(H,18,21). The first kappa shape index (κ1) is 15.6. The SMILES string of the molecule is CCCC(CCO)CNC(=O)c1cn(C)c2ccccc12. The van der Waals surface area contributed by atoms with Crippen LogP contribution in [0.15, 0.2) is 30.5 Å². The van der Waals surface area contributed by atoms with Gasteiger partial charge in [0.1, 0.15) is 0 Å². The Hall–Kier alpha value is -1.81. The van der Waals surface area contributed by atoms with E-state index in [1.807, 2.05) is 42.1 Å². The molecular formula is C17H24N2O2. The molecule has 4 heteroatoms. The Morgan fingerprint density at radius 2 is 2.10 bits per heavy atom. The summed E-state index contributed by atoms with van der Waals surface area (Å²) < 4.78 is 1.97. The Balaban J connectivity index is 2.08. The molecule has 0 radical (unpaired) electrons. The largest absolute Gasteiger partial charge is 0.396 e. The van der Waals surface area contributed by atoms with Gasteiger partial charge in [0.2, 0.25) is 0 Å². The van der Waals surface area contributed by atoms with Crippen molar-refractivity contribution in [3.63, 3.8) is 0 Å². The fourth-order valence-corrected chi connectivity index (χ4v) is 2.79. The fraction of sp³-hybridized carbons (Fsp3) is 0.471. The molecule has 21 heavy (non-hydrogen) atoms. The molecule has 1 unspecified atom stereocenters. The van der Waals surface area contributed by atoms with Gasteiger partial charge in [0.15, 0.2) is 0 Å². The van der Waals surface area contributed by atoms with Crippen LogP contribution in [0.1, 0.15) is 36.5 Å². The second-order valence-corrected chi connectivity index (χ2v) is 5.55. The topological polar surface area (TPSA) is 54.3 Å². The lowest BCUT2D eigenvalue weighted by atomic mass is 10.00. The number of aryl methyl sites for hydroxylation is 1. The monoisotopic (exact) mass is 288 g/mol. The van der Waals surface area contributed by atoms with Gasteiger partial charge in [-0.1, -0.05) is 31.5 Å². The molecule has 0 aliphatic rings. The highest BCUT2D eigenvalue weighted by molar-refractivity contribution is 6.06. The molecule has 4 nitrogen and oxygen atoms in total. The average molecular weight is 288 g/mol. The molecule has 0 spiro atoms. The minimum Gasteiger partial charge on any atom is -0.396 e. The quantitative estimate of drug-likeness (QED) is 0.823. The minimum atomic E-state index is -0.0363.